The molecule has 0 spiro atoms. The number of para-hydroxylation sites is 1. The van der Waals surface area contributed by atoms with Crippen molar-refractivity contribution in [3.8, 4) is 0 Å². The van der Waals surface area contributed by atoms with Gasteiger partial charge in [0.05, 0.1) is 18.7 Å². The minimum Gasteiger partial charge on any atom is -0.367 e. The smallest absolute Gasteiger partial charge is 0.256 e. The molecular weight excluding hydrogens is 316 g/mol. The summed E-state index contributed by atoms with van der Waals surface area (Å²) in [4.78, 5) is 22.7. The summed E-state index contributed by atoms with van der Waals surface area (Å²) in [5.74, 6) is 0.843. The van der Waals surface area contributed by atoms with Gasteiger partial charge in [0.25, 0.3) is 5.91 Å². The monoisotopic (exact) mass is 338 g/mol. The van der Waals surface area contributed by atoms with Crippen LogP contribution in [0.3, 0.4) is 0 Å². The summed E-state index contributed by atoms with van der Waals surface area (Å²) in [7, 11) is 2.00. The molecule has 4 rings (SSSR count). The molecule has 3 aromatic rings. The van der Waals surface area contributed by atoms with Crippen molar-refractivity contribution in [3.63, 3.8) is 0 Å². The molecule has 1 aromatic carbocycles. The lowest BCUT2D eigenvalue weighted by atomic mass is 10.1. The highest BCUT2D eigenvalue weighted by Gasteiger charge is 2.30. The molecule has 25 heavy (non-hydrogen) atoms. The van der Waals surface area contributed by atoms with E-state index in [1.54, 1.807) is 6.20 Å². The Kier molecular flexibility index (Phi) is 3.84. The third-order valence-corrected chi connectivity index (χ3v) is 4.99. The lowest BCUT2D eigenvalue weighted by Gasteiger charge is -2.32. The fourth-order valence-corrected chi connectivity index (χ4v) is 3.54. The van der Waals surface area contributed by atoms with Gasteiger partial charge in [-0.3, -0.25) is 4.79 Å². The maximum absolute atomic E-state index is 13.3. The number of hydrogen-bond donors (Lipinski definition) is 1. The van der Waals surface area contributed by atoms with Crippen molar-refractivity contribution in [2.75, 3.05) is 19.7 Å². The maximum atomic E-state index is 13.3. The Hall–Kier alpha value is -2.60. The molecule has 0 saturated carbocycles. The zero-order valence-electron chi connectivity index (χ0n) is 14.7. The summed E-state index contributed by atoms with van der Waals surface area (Å²) in [6.45, 7) is 5.58. The number of nitrogens with one attached hydrogen (secondary N) is 1. The van der Waals surface area contributed by atoms with Crippen LogP contribution in [-0.2, 0) is 11.8 Å². The molecule has 1 atom stereocenters. The summed E-state index contributed by atoms with van der Waals surface area (Å²) in [6, 6.07) is 8.04. The molecule has 1 unspecified atom stereocenters. The third-order valence-electron chi connectivity index (χ3n) is 4.99. The molecule has 6 nitrogen and oxygen atoms in total. The number of carbonyl (C=O) groups is 1. The van der Waals surface area contributed by atoms with E-state index in [1.165, 1.54) is 0 Å². The number of nitrogens with zero attached hydrogens (tertiary/aromatic N) is 3. The number of fused-ring (bicyclic) bond motifs is 1. The number of H-pyrrole nitrogens is 1. The second kappa shape index (κ2) is 6.04. The average Bonchev–Trinajstić information content (AvgIpc) is 3.17. The number of rotatable bonds is 2. The Morgan fingerprint density at radius 1 is 1.32 bits per heavy atom. The summed E-state index contributed by atoms with van der Waals surface area (Å²) in [5, 5.41) is 1.00. The van der Waals surface area contributed by atoms with Gasteiger partial charge in [0.1, 0.15) is 11.9 Å². The molecule has 0 radical (unpaired) electrons. The molecule has 1 saturated heterocycles. The molecule has 2 aromatic heterocycles. The van der Waals surface area contributed by atoms with Crippen LogP contribution in [0.5, 0.6) is 0 Å². The predicted octanol–water partition coefficient (Wildman–Crippen LogP) is 2.73. The highest BCUT2D eigenvalue weighted by molar-refractivity contribution is 6.08. The summed E-state index contributed by atoms with van der Waals surface area (Å²) in [6.07, 6.45) is 1.58. The van der Waals surface area contributed by atoms with E-state index in [0.717, 1.165) is 33.7 Å². The quantitative estimate of drug-likeness (QED) is 0.781. The minimum absolute atomic E-state index is 0.0610. The molecule has 1 aliphatic rings. The van der Waals surface area contributed by atoms with Crippen LogP contribution in [0.2, 0.25) is 0 Å². The number of aryl methyl sites for hydroxylation is 2. The first-order valence-corrected chi connectivity index (χ1v) is 8.52. The first-order valence-electron chi connectivity index (χ1n) is 8.52. The lowest BCUT2D eigenvalue weighted by Crippen LogP contribution is -2.42. The van der Waals surface area contributed by atoms with Gasteiger partial charge in [0, 0.05) is 42.1 Å². The van der Waals surface area contributed by atoms with Crippen LogP contribution in [-0.4, -0.2) is 45.0 Å². The van der Waals surface area contributed by atoms with Crippen LogP contribution in [0.25, 0.3) is 10.9 Å². The highest BCUT2D eigenvalue weighted by Crippen LogP contribution is 2.28. The lowest BCUT2D eigenvalue weighted by molar-refractivity contribution is -0.0264. The van der Waals surface area contributed by atoms with Gasteiger partial charge in [-0.05, 0) is 19.9 Å². The van der Waals surface area contributed by atoms with Gasteiger partial charge in [-0.2, -0.15) is 0 Å². The molecule has 1 N–H and O–H groups in total. The molecule has 0 aliphatic carbocycles. The number of aromatic nitrogens is 3. The number of ether oxygens (including phenoxy) is 1. The molecule has 3 heterocycles. The molecule has 1 fully saturated rings. The second-order valence-electron chi connectivity index (χ2n) is 6.60. The Morgan fingerprint density at radius 3 is 2.88 bits per heavy atom. The normalized spacial score (nSPS) is 18.0. The van der Waals surface area contributed by atoms with Gasteiger partial charge in [-0.25, -0.2) is 4.98 Å². The van der Waals surface area contributed by atoms with Gasteiger partial charge in [0.15, 0.2) is 0 Å². The standard InChI is InChI=1S/C19H22N4O2/c1-12-10-20-18(21-12)16-11-23(8-9-25-16)19(24)17-13(2)22(3)15-7-5-4-6-14(15)17/h4-7,10,16H,8-9,11H2,1-3H3,(H,20,21). The van der Waals surface area contributed by atoms with Gasteiger partial charge in [-0.15, -0.1) is 0 Å². The van der Waals surface area contributed by atoms with E-state index in [0.29, 0.717) is 19.7 Å². The van der Waals surface area contributed by atoms with E-state index >= 15 is 0 Å². The number of aromatic amines is 1. The van der Waals surface area contributed by atoms with Crippen molar-refractivity contribution in [1.82, 2.24) is 19.4 Å². The summed E-state index contributed by atoms with van der Waals surface area (Å²) in [5.41, 5.74) is 3.85. The van der Waals surface area contributed by atoms with E-state index in [4.69, 9.17) is 4.74 Å². The van der Waals surface area contributed by atoms with Crippen LogP contribution >= 0.6 is 0 Å². The topological polar surface area (TPSA) is 63.1 Å². The Morgan fingerprint density at radius 2 is 2.12 bits per heavy atom. The second-order valence-corrected chi connectivity index (χ2v) is 6.60. The number of imidazole rings is 1. The summed E-state index contributed by atoms with van der Waals surface area (Å²) < 4.78 is 7.90. The maximum Gasteiger partial charge on any atom is 0.256 e. The van der Waals surface area contributed by atoms with E-state index in [-0.39, 0.29) is 12.0 Å². The van der Waals surface area contributed by atoms with Crippen LogP contribution in [0.1, 0.15) is 33.7 Å². The molecule has 0 bridgehead atoms. The Labute approximate surface area is 146 Å². The van der Waals surface area contributed by atoms with Crippen molar-refractivity contribution in [1.29, 1.82) is 0 Å². The molecular formula is C19H22N4O2. The first-order chi connectivity index (χ1) is 12.1. The van der Waals surface area contributed by atoms with Crippen molar-refractivity contribution >= 4 is 16.8 Å². The van der Waals surface area contributed by atoms with Crippen LogP contribution in [0, 0.1) is 13.8 Å². The number of carbonyl (C=O) groups excluding carboxylic acids is 1. The molecule has 130 valence electrons. The zero-order chi connectivity index (χ0) is 17.6. The molecule has 1 aliphatic heterocycles. The number of morpholine rings is 1. The van der Waals surface area contributed by atoms with Gasteiger partial charge in [0.2, 0.25) is 0 Å². The van der Waals surface area contributed by atoms with Crippen LogP contribution in [0.15, 0.2) is 30.5 Å². The van der Waals surface area contributed by atoms with E-state index in [1.807, 2.05) is 50.1 Å². The Balaban J connectivity index is 1.66. The van der Waals surface area contributed by atoms with Crippen LogP contribution < -0.4 is 0 Å². The Bertz CT molecular complexity index is 940. The molecule has 6 heteroatoms. The van der Waals surface area contributed by atoms with Crippen molar-refractivity contribution in [2.45, 2.75) is 20.0 Å². The molecule has 1 amide bonds. The summed E-state index contributed by atoms with van der Waals surface area (Å²) >= 11 is 0. The number of hydrogen-bond acceptors (Lipinski definition) is 3. The SMILES string of the molecule is Cc1cnc(C2CN(C(=O)c3c(C)n(C)c4ccccc34)CCO2)[nH]1. The minimum atomic E-state index is -0.207. The third kappa shape index (κ3) is 2.62. The van der Waals surface area contributed by atoms with Gasteiger partial charge in [-0.1, -0.05) is 18.2 Å². The van der Waals surface area contributed by atoms with Gasteiger partial charge < -0.3 is 19.2 Å². The largest absolute Gasteiger partial charge is 0.367 e. The van der Waals surface area contributed by atoms with Gasteiger partial charge >= 0.3 is 0 Å². The first kappa shape index (κ1) is 15.9. The fraction of sp³-hybridized carbons (Fsp3) is 0.368. The highest BCUT2D eigenvalue weighted by atomic mass is 16.5. The van der Waals surface area contributed by atoms with Crippen molar-refractivity contribution < 1.29 is 9.53 Å². The number of amides is 1. The van der Waals surface area contributed by atoms with Crippen molar-refractivity contribution in [2.24, 2.45) is 7.05 Å². The van der Waals surface area contributed by atoms with E-state index in [2.05, 4.69) is 14.5 Å². The predicted molar refractivity (Wildman–Crippen MR) is 95.6 cm³/mol. The zero-order valence-corrected chi connectivity index (χ0v) is 14.7. The van der Waals surface area contributed by atoms with E-state index in [9.17, 15) is 4.79 Å². The van der Waals surface area contributed by atoms with Crippen LogP contribution in [0.4, 0.5) is 0 Å². The van der Waals surface area contributed by atoms with E-state index < -0.39 is 0 Å². The number of benzene rings is 1. The fourth-order valence-electron chi connectivity index (χ4n) is 3.54. The van der Waals surface area contributed by atoms with Crippen molar-refractivity contribution in [3.05, 3.63) is 53.2 Å². The average molecular weight is 338 g/mol.